The summed E-state index contributed by atoms with van der Waals surface area (Å²) in [4.78, 5) is 33.4. The average molecular weight is 529 g/mol. The molecule has 0 aliphatic carbocycles. The van der Waals surface area contributed by atoms with Crippen LogP contribution < -0.4 is 10.9 Å². The van der Waals surface area contributed by atoms with Crippen LogP contribution in [0.2, 0.25) is 0 Å². The number of carbonyl (C=O) groups excluding carboxylic acids is 1. The predicted octanol–water partition coefficient (Wildman–Crippen LogP) is 6.95. The normalized spacial score (nSPS) is 15.0. The molecule has 0 radical (unpaired) electrons. The Balaban J connectivity index is 1.64. The van der Waals surface area contributed by atoms with Gasteiger partial charge in [-0.05, 0) is 37.5 Å². The molecule has 1 fully saturated rings. The van der Waals surface area contributed by atoms with Gasteiger partial charge in [0.15, 0.2) is 0 Å². The highest BCUT2D eigenvalue weighted by molar-refractivity contribution is 8.26. The smallest absolute Gasteiger partial charge is 0.267 e. The number of hydrogen-bond acceptors (Lipinski definition) is 6. The Hall–Kier alpha value is -2.19. The third-order valence-electron chi connectivity index (χ3n) is 6.43. The molecular weight excluding hydrogens is 488 g/mol. The van der Waals surface area contributed by atoms with E-state index in [9.17, 15) is 9.59 Å². The van der Waals surface area contributed by atoms with Gasteiger partial charge in [-0.25, -0.2) is 4.98 Å². The molecule has 3 heterocycles. The van der Waals surface area contributed by atoms with Crippen molar-refractivity contribution in [1.29, 1.82) is 0 Å². The molecule has 1 saturated heterocycles. The van der Waals surface area contributed by atoms with E-state index in [-0.39, 0.29) is 11.5 Å². The second-order valence-electron chi connectivity index (χ2n) is 9.56. The molecule has 0 unspecified atom stereocenters. The third-order valence-corrected chi connectivity index (χ3v) is 7.81. The molecule has 1 amide bonds. The molecular formula is C28H40N4O2S2. The van der Waals surface area contributed by atoms with Crippen LogP contribution in [0.5, 0.6) is 0 Å². The summed E-state index contributed by atoms with van der Waals surface area (Å²) in [6.07, 6.45) is 16.8. The van der Waals surface area contributed by atoms with Gasteiger partial charge in [0.1, 0.15) is 15.8 Å². The van der Waals surface area contributed by atoms with E-state index in [0.717, 1.165) is 24.8 Å². The lowest BCUT2D eigenvalue weighted by Gasteiger charge is -2.14. The maximum atomic E-state index is 13.4. The first-order valence-corrected chi connectivity index (χ1v) is 14.7. The molecule has 0 aromatic carbocycles. The minimum Gasteiger partial charge on any atom is -0.369 e. The lowest BCUT2D eigenvalue weighted by Crippen LogP contribution is -2.29. The summed E-state index contributed by atoms with van der Waals surface area (Å²) in [6.45, 7) is 7.57. The number of aromatic nitrogens is 2. The first kappa shape index (κ1) is 28.4. The number of hydrogen-bond donors (Lipinski definition) is 1. The molecule has 36 heavy (non-hydrogen) atoms. The van der Waals surface area contributed by atoms with E-state index in [4.69, 9.17) is 12.2 Å². The number of carbonyl (C=O) groups is 1. The highest BCUT2D eigenvalue weighted by atomic mass is 32.2. The fourth-order valence-electron chi connectivity index (χ4n) is 4.35. The van der Waals surface area contributed by atoms with E-state index in [1.54, 1.807) is 21.6 Å². The Kier molecular flexibility index (Phi) is 11.5. The molecule has 3 rings (SSSR count). The SMILES string of the molecule is CCCCCCCCCCCCN1C(=O)C(=Cc2c(NCCC)nc3ccc(C)cn3c2=O)SC1=S. The van der Waals surface area contributed by atoms with Crippen molar-refractivity contribution < 1.29 is 4.79 Å². The maximum absolute atomic E-state index is 13.4. The van der Waals surface area contributed by atoms with Crippen molar-refractivity contribution in [3.05, 3.63) is 44.7 Å². The number of nitrogens with zero attached hydrogens (tertiary/aromatic N) is 3. The number of nitrogens with one attached hydrogen (secondary N) is 1. The van der Waals surface area contributed by atoms with Gasteiger partial charge < -0.3 is 5.32 Å². The molecule has 1 aliphatic heterocycles. The van der Waals surface area contributed by atoms with Gasteiger partial charge in [0.05, 0.1) is 10.5 Å². The number of unbranched alkanes of at least 4 members (excludes halogenated alkanes) is 9. The van der Waals surface area contributed by atoms with Crippen LogP contribution in [0.25, 0.3) is 11.7 Å². The molecule has 0 atom stereocenters. The molecule has 8 heteroatoms. The summed E-state index contributed by atoms with van der Waals surface area (Å²) in [6, 6.07) is 3.77. The Bertz CT molecular complexity index is 1140. The second kappa shape index (κ2) is 14.5. The quantitative estimate of drug-likeness (QED) is 0.153. The topological polar surface area (TPSA) is 66.7 Å². The Labute approximate surface area is 224 Å². The molecule has 196 valence electrons. The van der Waals surface area contributed by atoms with Gasteiger partial charge in [-0.15, -0.1) is 0 Å². The summed E-state index contributed by atoms with van der Waals surface area (Å²) in [5.41, 5.74) is 1.75. The van der Waals surface area contributed by atoms with Crippen molar-refractivity contribution >= 4 is 51.7 Å². The Morgan fingerprint density at radius 2 is 1.64 bits per heavy atom. The van der Waals surface area contributed by atoms with Crippen LogP contribution in [-0.4, -0.2) is 37.6 Å². The number of thiocarbonyl (C=S) groups is 1. The standard InChI is InChI=1S/C28H40N4O2S2/c1-4-6-7-8-9-10-11-12-13-14-18-31-27(34)23(36-28(31)35)19-22-25(29-17-5-2)30-24-16-15-21(3)20-32(24)26(22)33/h15-16,19-20,29H,4-14,17-18H2,1-3H3. The van der Waals surface area contributed by atoms with Crippen LogP contribution in [0, 0.1) is 6.92 Å². The van der Waals surface area contributed by atoms with E-state index >= 15 is 0 Å². The number of aryl methyl sites for hydroxylation is 1. The van der Waals surface area contributed by atoms with Crippen LogP contribution in [0.4, 0.5) is 5.82 Å². The summed E-state index contributed by atoms with van der Waals surface area (Å²) in [5, 5.41) is 3.26. The van der Waals surface area contributed by atoms with Gasteiger partial charge in [-0.3, -0.25) is 18.9 Å². The summed E-state index contributed by atoms with van der Waals surface area (Å²) in [7, 11) is 0. The number of fused-ring (bicyclic) bond motifs is 1. The molecule has 0 saturated carbocycles. The largest absolute Gasteiger partial charge is 0.369 e. The highest BCUT2D eigenvalue weighted by Gasteiger charge is 2.32. The van der Waals surface area contributed by atoms with Crippen molar-refractivity contribution in [2.75, 3.05) is 18.4 Å². The van der Waals surface area contributed by atoms with Crippen molar-refractivity contribution in [2.24, 2.45) is 0 Å². The average Bonchev–Trinajstić information content (AvgIpc) is 3.13. The van der Waals surface area contributed by atoms with Crippen LogP contribution in [-0.2, 0) is 4.79 Å². The van der Waals surface area contributed by atoms with Crippen molar-refractivity contribution in [2.45, 2.75) is 91.4 Å². The van der Waals surface area contributed by atoms with E-state index in [2.05, 4.69) is 24.1 Å². The molecule has 0 spiro atoms. The van der Waals surface area contributed by atoms with E-state index < -0.39 is 0 Å². The summed E-state index contributed by atoms with van der Waals surface area (Å²) in [5.74, 6) is 0.391. The van der Waals surface area contributed by atoms with Crippen molar-refractivity contribution in [3.8, 4) is 0 Å². The summed E-state index contributed by atoms with van der Waals surface area (Å²) >= 11 is 6.80. The van der Waals surface area contributed by atoms with Crippen LogP contribution in [0.1, 0.15) is 95.6 Å². The number of amides is 1. The van der Waals surface area contributed by atoms with Crippen LogP contribution >= 0.6 is 24.0 Å². The monoisotopic (exact) mass is 528 g/mol. The maximum Gasteiger partial charge on any atom is 0.267 e. The summed E-state index contributed by atoms with van der Waals surface area (Å²) < 4.78 is 2.11. The Morgan fingerprint density at radius 1 is 0.972 bits per heavy atom. The van der Waals surface area contributed by atoms with Gasteiger partial charge in [-0.1, -0.05) is 102 Å². The molecule has 1 aliphatic rings. The zero-order valence-electron chi connectivity index (χ0n) is 22.0. The minimum atomic E-state index is -0.192. The first-order valence-electron chi connectivity index (χ1n) is 13.5. The number of anilines is 1. The van der Waals surface area contributed by atoms with Gasteiger partial charge >= 0.3 is 0 Å². The highest BCUT2D eigenvalue weighted by Crippen LogP contribution is 2.33. The van der Waals surface area contributed by atoms with Gasteiger partial charge in [0, 0.05) is 19.3 Å². The third kappa shape index (κ3) is 7.65. The van der Waals surface area contributed by atoms with Crippen LogP contribution in [0.15, 0.2) is 28.0 Å². The zero-order valence-corrected chi connectivity index (χ0v) is 23.6. The number of thioether (sulfide) groups is 1. The lowest BCUT2D eigenvalue weighted by molar-refractivity contribution is -0.122. The van der Waals surface area contributed by atoms with E-state index in [0.29, 0.717) is 39.3 Å². The Morgan fingerprint density at radius 3 is 2.31 bits per heavy atom. The van der Waals surface area contributed by atoms with Gasteiger partial charge in [0.2, 0.25) is 0 Å². The van der Waals surface area contributed by atoms with E-state index in [1.807, 2.05) is 19.1 Å². The van der Waals surface area contributed by atoms with Gasteiger partial charge in [0.25, 0.3) is 11.5 Å². The fourth-order valence-corrected chi connectivity index (χ4v) is 5.64. The van der Waals surface area contributed by atoms with Crippen molar-refractivity contribution in [1.82, 2.24) is 14.3 Å². The molecule has 2 aromatic heterocycles. The van der Waals surface area contributed by atoms with E-state index in [1.165, 1.54) is 63.1 Å². The lowest BCUT2D eigenvalue weighted by atomic mass is 10.1. The molecule has 0 bridgehead atoms. The molecule has 1 N–H and O–H groups in total. The molecule has 2 aromatic rings. The fraction of sp³-hybridized carbons (Fsp3) is 0.571. The van der Waals surface area contributed by atoms with Gasteiger partial charge in [-0.2, -0.15) is 0 Å². The number of rotatable bonds is 15. The first-order chi connectivity index (χ1) is 17.5. The zero-order chi connectivity index (χ0) is 25.9. The van der Waals surface area contributed by atoms with Crippen molar-refractivity contribution in [3.63, 3.8) is 0 Å². The molecule has 6 nitrogen and oxygen atoms in total. The second-order valence-corrected chi connectivity index (χ2v) is 11.2. The predicted molar refractivity (Wildman–Crippen MR) is 157 cm³/mol. The minimum absolute atomic E-state index is 0.115. The number of pyridine rings is 1. The van der Waals surface area contributed by atoms with Crippen LogP contribution in [0.3, 0.4) is 0 Å².